The quantitative estimate of drug-likeness (QED) is 0.272. The maximum atomic E-state index is 13.7. The van der Waals surface area contributed by atoms with Crippen LogP contribution in [0.3, 0.4) is 0 Å². The van der Waals surface area contributed by atoms with Crippen LogP contribution in [0.5, 0.6) is 0 Å². The van der Waals surface area contributed by atoms with Crippen molar-refractivity contribution in [2.24, 2.45) is 0 Å². The van der Waals surface area contributed by atoms with Crippen molar-refractivity contribution in [1.29, 1.82) is 0 Å². The summed E-state index contributed by atoms with van der Waals surface area (Å²) in [7, 11) is -3.89. The van der Waals surface area contributed by atoms with Gasteiger partial charge in [0.15, 0.2) is 0 Å². The molecular formula is C25H22BrNO5S. The Labute approximate surface area is 201 Å². The van der Waals surface area contributed by atoms with E-state index in [1.165, 1.54) is 4.31 Å². The lowest BCUT2D eigenvalue weighted by Crippen LogP contribution is -2.30. The fraction of sp³-hybridized carbons (Fsp3) is 0.160. The molecule has 0 fully saturated rings. The molecule has 170 valence electrons. The Kier molecular flexibility index (Phi) is 6.58. The third-order valence-electron chi connectivity index (χ3n) is 5.22. The molecule has 0 aliphatic heterocycles. The average Bonchev–Trinajstić information content (AvgIpc) is 3.14. The fourth-order valence-corrected chi connectivity index (χ4v) is 5.62. The van der Waals surface area contributed by atoms with Crippen LogP contribution in [0.2, 0.25) is 0 Å². The van der Waals surface area contributed by atoms with Crippen LogP contribution in [0.1, 0.15) is 28.6 Å². The molecule has 4 aromatic rings. The number of anilines is 1. The number of nitrogens with zero attached hydrogens (tertiary/aromatic N) is 1. The van der Waals surface area contributed by atoms with Crippen molar-refractivity contribution in [3.8, 4) is 0 Å². The summed E-state index contributed by atoms with van der Waals surface area (Å²) in [5.41, 5.74) is 2.39. The molecule has 0 aliphatic rings. The maximum absolute atomic E-state index is 13.7. The highest BCUT2D eigenvalue weighted by Gasteiger charge is 2.27. The van der Waals surface area contributed by atoms with Crippen LogP contribution < -0.4 is 4.31 Å². The SMILES string of the molecule is CCOC(=O)c1oc2ccc(N(Cc3ccccc3)S(=O)(=O)c3cccc(Br)c3)cc2c1C. The minimum Gasteiger partial charge on any atom is -0.460 e. The Morgan fingerprint density at radius 2 is 1.79 bits per heavy atom. The lowest BCUT2D eigenvalue weighted by Gasteiger charge is -2.25. The number of carbonyl (C=O) groups is 1. The summed E-state index contributed by atoms with van der Waals surface area (Å²) in [6.07, 6.45) is 0. The third kappa shape index (κ3) is 4.67. The van der Waals surface area contributed by atoms with Crippen molar-refractivity contribution in [2.75, 3.05) is 10.9 Å². The van der Waals surface area contributed by atoms with Gasteiger partial charge >= 0.3 is 5.97 Å². The molecule has 1 aromatic heterocycles. The number of rotatable bonds is 7. The molecule has 6 nitrogen and oxygen atoms in total. The van der Waals surface area contributed by atoms with Crippen LogP contribution in [0.25, 0.3) is 11.0 Å². The zero-order valence-corrected chi connectivity index (χ0v) is 20.5. The standard InChI is InChI=1S/C25H22BrNO5S/c1-3-31-25(28)24-17(2)22-15-20(12-13-23(22)32-24)27(16-18-8-5-4-6-9-18)33(29,30)21-11-7-10-19(26)14-21/h4-15H,3,16H2,1-2H3. The van der Waals surface area contributed by atoms with Crippen LogP contribution >= 0.6 is 15.9 Å². The van der Waals surface area contributed by atoms with Gasteiger partial charge in [0.25, 0.3) is 10.0 Å². The molecule has 8 heteroatoms. The smallest absolute Gasteiger partial charge is 0.374 e. The normalized spacial score (nSPS) is 11.5. The number of benzene rings is 3. The van der Waals surface area contributed by atoms with Gasteiger partial charge in [-0.15, -0.1) is 0 Å². The van der Waals surface area contributed by atoms with Crippen LogP contribution in [0.15, 0.2) is 86.6 Å². The van der Waals surface area contributed by atoms with Crippen molar-refractivity contribution < 1.29 is 22.4 Å². The lowest BCUT2D eigenvalue weighted by atomic mass is 10.1. The molecule has 0 atom stereocenters. The van der Waals surface area contributed by atoms with Gasteiger partial charge in [0.2, 0.25) is 5.76 Å². The number of ether oxygens (including phenoxy) is 1. The molecule has 0 N–H and O–H groups in total. The third-order valence-corrected chi connectivity index (χ3v) is 7.48. The molecule has 0 saturated heterocycles. The number of hydrogen-bond acceptors (Lipinski definition) is 5. The van der Waals surface area contributed by atoms with Crippen molar-refractivity contribution in [3.63, 3.8) is 0 Å². The first-order valence-corrected chi connectivity index (χ1v) is 12.6. The number of furan rings is 1. The maximum Gasteiger partial charge on any atom is 0.374 e. The molecule has 3 aromatic carbocycles. The van der Waals surface area contributed by atoms with Gasteiger partial charge in [0, 0.05) is 15.4 Å². The number of carbonyl (C=O) groups excluding carboxylic acids is 1. The number of fused-ring (bicyclic) bond motifs is 1. The Bertz CT molecular complexity index is 1410. The van der Waals surface area contributed by atoms with Crippen LogP contribution in [-0.4, -0.2) is 21.0 Å². The number of hydrogen-bond donors (Lipinski definition) is 0. The van der Waals surface area contributed by atoms with E-state index in [0.29, 0.717) is 26.7 Å². The fourth-order valence-electron chi connectivity index (χ4n) is 3.57. The average molecular weight is 528 g/mol. The zero-order chi connectivity index (χ0) is 23.6. The number of halogens is 1. The van der Waals surface area contributed by atoms with Crippen molar-refractivity contribution >= 4 is 48.6 Å². The molecule has 0 radical (unpaired) electrons. The zero-order valence-electron chi connectivity index (χ0n) is 18.1. The van der Waals surface area contributed by atoms with Gasteiger partial charge in [-0.2, -0.15) is 0 Å². The topological polar surface area (TPSA) is 76.8 Å². The number of sulfonamides is 1. The molecule has 0 saturated carbocycles. The van der Waals surface area contributed by atoms with Crippen molar-refractivity contribution in [3.05, 3.63) is 94.2 Å². The minimum absolute atomic E-state index is 0.119. The van der Waals surface area contributed by atoms with Gasteiger partial charge in [-0.05, 0) is 55.8 Å². The summed E-state index contributed by atoms with van der Waals surface area (Å²) >= 11 is 3.36. The summed E-state index contributed by atoms with van der Waals surface area (Å²) in [5, 5.41) is 0.651. The molecule has 0 aliphatic carbocycles. The van der Waals surface area contributed by atoms with Crippen LogP contribution in [0, 0.1) is 6.92 Å². The highest BCUT2D eigenvalue weighted by atomic mass is 79.9. The first-order valence-electron chi connectivity index (χ1n) is 10.3. The van der Waals surface area contributed by atoms with Gasteiger partial charge in [-0.25, -0.2) is 13.2 Å². The lowest BCUT2D eigenvalue weighted by molar-refractivity contribution is 0.0491. The van der Waals surface area contributed by atoms with Gasteiger partial charge in [-0.1, -0.05) is 52.3 Å². The first kappa shape index (κ1) is 23.1. The first-order chi connectivity index (χ1) is 15.8. The molecule has 0 spiro atoms. The monoisotopic (exact) mass is 527 g/mol. The van der Waals surface area contributed by atoms with E-state index >= 15 is 0 Å². The van der Waals surface area contributed by atoms with Crippen LogP contribution in [-0.2, 0) is 21.3 Å². The molecular weight excluding hydrogens is 506 g/mol. The molecule has 0 bridgehead atoms. The minimum atomic E-state index is -3.89. The van der Waals surface area contributed by atoms with Crippen molar-refractivity contribution in [2.45, 2.75) is 25.3 Å². The second-order valence-electron chi connectivity index (χ2n) is 7.41. The number of aryl methyl sites for hydroxylation is 1. The highest BCUT2D eigenvalue weighted by Crippen LogP contribution is 2.33. The van der Waals surface area contributed by atoms with E-state index in [1.54, 1.807) is 56.3 Å². The van der Waals surface area contributed by atoms with E-state index in [-0.39, 0.29) is 23.8 Å². The van der Waals surface area contributed by atoms with E-state index in [2.05, 4.69) is 15.9 Å². The summed E-state index contributed by atoms with van der Waals surface area (Å²) in [5.74, 6) is -0.427. The Hall–Kier alpha value is -3.10. The summed E-state index contributed by atoms with van der Waals surface area (Å²) in [4.78, 5) is 12.4. The van der Waals surface area contributed by atoms with Crippen LogP contribution in [0.4, 0.5) is 5.69 Å². The van der Waals surface area contributed by atoms with Gasteiger partial charge in [0.05, 0.1) is 23.7 Å². The molecule has 1 heterocycles. The Morgan fingerprint density at radius 3 is 2.48 bits per heavy atom. The Morgan fingerprint density at radius 1 is 1.03 bits per heavy atom. The predicted molar refractivity (Wildman–Crippen MR) is 131 cm³/mol. The second-order valence-corrected chi connectivity index (χ2v) is 10.2. The van der Waals surface area contributed by atoms with Gasteiger partial charge in [-0.3, -0.25) is 4.31 Å². The second kappa shape index (κ2) is 9.41. The summed E-state index contributed by atoms with van der Waals surface area (Å²) < 4.78 is 40.2. The van der Waals surface area contributed by atoms with E-state index < -0.39 is 16.0 Å². The van der Waals surface area contributed by atoms with Gasteiger partial charge in [0.1, 0.15) is 5.58 Å². The summed E-state index contributed by atoms with van der Waals surface area (Å²) in [6, 6.07) is 21.1. The van der Waals surface area contributed by atoms with Crippen molar-refractivity contribution in [1.82, 2.24) is 0 Å². The molecule has 4 rings (SSSR count). The molecule has 33 heavy (non-hydrogen) atoms. The highest BCUT2D eigenvalue weighted by molar-refractivity contribution is 9.10. The predicted octanol–water partition coefficient (Wildman–Crippen LogP) is 6.08. The van der Waals surface area contributed by atoms with Gasteiger partial charge < -0.3 is 9.15 Å². The Balaban J connectivity index is 1.85. The van der Waals surface area contributed by atoms with E-state index in [0.717, 1.165) is 5.56 Å². The van der Waals surface area contributed by atoms with E-state index in [4.69, 9.17) is 9.15 Å². The van der Waals surface area contributed by atoms with E-state index in [9.17, 15) is 13.2 Å². The summed E-state index contributed by atoms with van der Waals surface area (Å²) in [6.45, 7) is 3.85. The largest absolute Gasteiger partial charge is 0.460 e. The van der Waals surface area contributed by atoms with E-state index in [1.807, 2.05) is 30.3 Å². The molecule has 0 amide bonds. The molecule has 0 unspecified atom stereocenters. The number of esters is 1.